The van der Waals surface area contributed by atoms with Crippen LogP contribution in [0.5, 0.6) is 5.75 Å². The first-order valence-corrected chi connectivity index (χ1v) is 7.02. The van der Waals surface area contributed by atoms with E-state index in [1.165, 1.54) is 6.92 Å². The summed E-state index contributed by atoms with van der Waals surface area (Å²) in [6, 6.07) is 12.7. The average Bonchev–Trinajstić information content (AvgIpc) is 2.96. The first-order chi connectivity index (χ1) is 11.0. The Morgan fingerprint density at radius 1 is 1.17 bits per heavy atom. The Labute approximate surface area is 132 Å². The normalized spacial score (nSPS) is 10.5. The Balaban J connectivity index is 2.04. The number of carbonyl (C=O) groups excluding carboxylic acids is 1. The molecule has 6 nitrogen and oxygen atoms in total. The molecule has 1 aromatic heterocycles. The van der Waals surface area contributed by atoms with Crippen molar-refractivity contribution in [1.82, 2.24) is 10.1 Å². The molecule has 0 fully saturated rings. The highest BCUT2D eigenvalue weighted by Gasteiger charge is 2.17. The summed E-state index contributed by atoms with van der Waals surface area (Å²) in [5, 5.41) is 4.01. The summed E-state index contributed by atoms with van der Waals surface area (Å²) in [6.45, 7) is 3.29. The van der Waals surface area contributed by atoms with Gasteiger partial charge in [0, 0.05) is 24.2 Å². The molecule has 3 rings (SSSR count). The summed E-state index contributed by atoms with van der Waals surface area (Å²) < 4.78 is 10.5. The molecule has 0 atom stereocenters. The molecule has 2 aromatic carbocycles. The summed E-state index contributed by atoms with van der Waals surface area (Å²) in [5.41, 5.74) is 8.65. The minimum absolute atomic E-state index is 0.263. The van der Waals surface area contributed by atoms with E-state index in [9.17, 15) is 4.79 Å². The molecular formula is C17H15N3O3. The fourth-order valence-corrected chi connectivity index (χ4v) is 2.22. The van der Waals surface area contributed by atoms with Crippen LogP contribution in [-0.4, -0.2) is 16.1 Å². The number of hydrogen-bond donors (Lipinski definition) is 1. The molecule has 0 aliphatic heterocycles. The topological polar surface area (TPSA) is 91.2 Å². The monoisotopic (exact) mass is 309 g/mol. The second-order valence-corrected chi connectivity index (χ2v) is 5.09. The lowest BCUT2D eigenvalue weighted by molar-refractivity contribution is -0.131. The van der Waals surface area contributed by atoms with Gasteiger partial charge in [0.15, 0.2) is 0 Å². The largest absolute Gasteiger partial charge is 0.426 e. The zero-order valence-corrected chi connectivity index (χ0v) is 12.7. The van der Waals surface area contributed by atoms with E-state index in [1.807, 2.05) is 31.2 Å². The Bertz CT molecular complexity index is 871. The molecule has 6 heteroatoms. The van der Waals surface area contributed by atoms with Crippen LogP contribution in [0.25, 0.3) is 22.8 Å². The Morgan fingerprint density at radius 3 is 2.70 bits per heavy atom. The summed E-state index contributed by atoms with van der Waals surface area (Å²) in [5.74, 6) is 0.580. The van der Waals surface area contributed by atoms with E-state index in [2.05, 4.69) is 10.1 Å². The van der Waals surface area contributed by atoms with Gasteiger partial charge in [-0.25, -0.2) is 0 Å². The number of aryl methyl sites for hydroxylation is 1. The fourth-order valence-electron chi connectivity index (χ4n) is 2.22. The van der Waals surface area contributed by atoms with Crippen LogP contribution < -0.4 is 10.5 Å². The van der Waals surface area contributed by atoms with Crippen molar-refractivity contribution < 1.29 is 14.1 Å². The number of carbonyl (C=O) groups is 1. The Hall–Kier alpha value is -3.15. The lowest BCUT2D eigenvalue weighted by Crippen LogP contribution is -2.03. The molecule has 0 bridgehead atoms. The van der Waals surface area contributed by atoms with Crippen LogP contribution in [0, 0.1) is 6.92 Å². The lowest BCUT2D eigenvalue weighted by atomic mass is 10.1. The minimum Gasteiger partial charge on any atom is -0.426 e. The number of nitrogens with zero attached hydrogens (tertiary/aromatic N) is 2. The minimum atomic E-state index is -0.449. The van der Waals surface area contributed by atoms with E-state index in [0.29, 0.717) is 17.1 Å². The highest BCUT2D eigenvalue weighted by atomic mass is 16.5. The number of ether oxygens (including phenoxy) is 1. The first kappa shape index (κ1) is 14.8. The van der Waals surface area contributed by atoms with Crippen molar-refractivity contribution in [3.8, 4) is 28.6 Å². The summed E-state index contributed by atoms with van der Waals surface area (Å²) in [6.07, 6.45) is 0. The molecule has 0 aliphatic rings. The second-order valence-electron chi connectivity index (χ2n) is 5.09. The molecule has 116 valence electrons. The zero-order valence-electron chi connectivity index (χ0n) is 12.7. The standard InChI is InChI=1S/C17H15N3O3/c1-10-5-3-4-6-13(10)16-19-17(23-20-16)14-8-7-12(18)9-15(14)22-11(2)21/h3-9H,18H2,1-2H3. The van der Waals surface area contributed by atoms with Crippen molar-refractivity contribution in [2.75, 3.05) is 5.73 Å². The molecule has 1 heterocycles. The van der Waals surface area contributed by atoms with Gasteiger partial charge < -0.3 is 15.0 Å². The molecule has 0 aliphatic carbocycles. The highest BCUT2D eigenvalue weighted by Crippen LogP contribution is 2.32. The van der Waals surface area contributed by atoms with Gasteiger partial charge in [-0.2, -0.15) is 4.98 Å². The van der Waals surface area contributed by atoms with Crippen molar-refractivity contribution in [3.63, 3.8) is 0 Å². The Kier molecular flexibility index (Phi) is 3.80. The number of rotatable bonds is 3. The van der Waals surface area contributed by atoms with E-state index < -0.39 is 5.97 Å². The molecule has 3 aromatic rings. The number of nitrogens with two attached hydrogens (primary N) is 1. The third-order valence-corrected chi connectivity index (χ3v) is 3.30. The third-order valence-electron chi connectivity index (χ3n) is 3.30. The van der Waals surface area contributed by atoms with Crippen LogP contribution in [0.3, 0.4) is 0 Å². The molecule has 0 saturated carbocycles. The van der Waals surface area contributed by atoms with E-state index in [4.69, 9.17) is 15.0 Å². The van der Waals surface area contributed by atoms with Gasteiger partial charge in [-0.1, -0.05) is 29.4 Å². The van der Waals surface area contributed by atoms with Gasteiger partial charge in [-0.3, -0.25) is 4.79 Å². The van der Waals surface area contributed by atoms with Gasteiger partial charge in [0.2, 0.25) is 5.82 Å². The van der Waals surface area contributed by atoms with Crippen molar-refractivity contribution >= 4 is 11.7 Å². The van der Waals surface area contributed by atoms with Gasteiger partial charge >= 0.3 is 5.97 Å². The Morgan fingerprint density at radius 2 is 1.96 bits per heavy atom. The average molecular weight is 309 g/mol. The van der Waals surface area contributed by atoms with Crippen LogP contribution >= 0.6 is 0 Å². The van der Waals surface area contributed by atoms with Gasteiger partial charge in [0.05, 0.1) is 5.56 Å². The van der Waals surface area contributed by atoms with Crippen LogP contribution in [-0.2, 0) is 4.79 Å². The van der Waals surface area contributed by atoms with Gasteiger partial charge in [0.25, 0.3) is 5.89 Å². The first-order valence-electron chi connectivity index (χ1n) is 7.02. The lowest BCUT2D eigenvalue weighted by Gasteiger charge is -2.06. The molecular weight excluding hydrogens is 294 g/mol. The molecule has 0 saturated heterocycles. The maximum Gasteiger partial charge on any atom is 0.308 e. The third kappa shape index (κ3) is 3.06. The van der Waals surface area contributed by atoms with Crippen LogP contribution in [0.1, 0.15) is 12.5 Å². The van der Waals surface area contributed by atoms with Crippen LogP contribution in [0.15, 0.2) is 47.0 Å². The summed E-state index contributed by atoms with van der Waals surface area (Å²) >= 11 is 0. The predicted octanol–water partition coefficient (Wildman–Crippen LogP) is 3.22. The number of benzene rings is 2. The van der Waals surface area contributed by atoms with Crippen molar-refractivity contribution in [2.45, 2.75) is 13.8 Å². The van der Waals surface area contributed by atoms with Crippen LogP contribution in [0.4, 0.5) is 5.69 Å². The van der Waals surface area contributed by atoms with E-state index >= 15 is 0 Å². The molecule has 23 heavy (non-hydrogen) atoms. The number of aromatic nitrogens is 2. The summed E-state index contributed by atoms with van der Waals surface area (Å²) in [7, 11) is 0. The maximum absolute atomic E-state index is 11.2. The van der Waals surface area contributed by atoms with E-state index in [-0.39, 0.29) is 11.6 Å². The van der Waals surface area contributed by atoms with Gasteiger partial charge in [-0.15, -0.1) is 0 Å². The fraction of sp³-hybridized carbons (Fsp3) is 0.118. The molecule has 2 N–H and O–H groups in total. The second kappa shape index (κ2) is 5.92. The molecule has 0 radical (unpaired) electrons. The van der Waals surface area contributed by atoms with E-state index in [1.54, 1.807) is 18.2 Å². The smallest absolute Gasteiger partial charge is 0.308 e. The van der Waals surface area contributed by atoms with Crippen molar-refractivity contribution in [1.29, 1.82) is 0 Å². The summed E-state index contributed by atoms with van der Waals surface area (Å²) in [4.78, 5) is 15.6. The van der Waals surface area contributed by atoms with Gasteiger partial charge in [0.1, 0.15) is 5.75 Å². The highest BCUT2D eigenvalue weighted by molar-refractivity contribution is 5.76. The molecule has 0 amide bonds. The maximum atomic E-state index is 11.2. The number of nitrogen functional groups attached to an aromatic ring is 1. The molecule has 0 spiro atoms. The zero-order chi connectivity index (χ0) is 16.4. The quantitative estimate of drug-likeness (QED) is 0.454. The predicted molar refractivity (Wildman–Crippen MR) is 85.6 cm³/mol. The number of hydrogen-bond acceptors (Lipinski definition) is 6. The molecule has 0 unspecified atom stereocenters. The number of anilines is 1. The van der Waals surface area contributed by atoms with Crippen molar-refractivity contribution in [3.05, 3.63) is 48.0 Å². The number of esters is 1. The SMILES string of the molecule is CC(=O)Oc1cc(N)ccc1-c1nc(-c2ccccc2C)no1. The van der Waals surface area contributed by atoms with Crippen LogP contribution in [0.2, 0.25) is 0 Å². The van der Waals surface area contributed by atoms with E-state index in [0.717, 1.165) is 11.1 Å². The van der Waals surface area contributed by atoms with Gasteiger partial charge in [-0.05, 0) is 24.6 Å². The van der Waals surface area contributed by atoms with Crippen molar-refractivity contribution in [2.24, 2.45) is 0 Å².